The molecule has 1 atom stereocenters. The van der Waals surface area contributed by atoms with Crippen LogP contribution in [0.25, 0.3) is 0 Å². The Hall–Kier alpha value is -2.98. The van der Waals surface area contributed by atoms with Crippen LogP contribution >= 0.6 is 11.8 Å². The van der Waals surface area contributed by atoms with Crippen LogP contribution in [0.5, 0.6) is 0 Å². The first-order chi connectivity index (χ1) is 15.3. The lowest BCUT2D eigenvalue weighted by atomic mass is 10.0. The number of carbonyl (C=O) groups is 1. The predicted molar refractivity (Wildman–Crippen MR) is 120 cm³/mol. The van der Waals surface area contributed by atoms with Gasteiger partial charge in [0.25, 0.3) is 0 Å². The van der Waals surface area contributed by atoms with Crippen LogP contribution < -0.4 is 0 Å². The fourth-order valence-corrected chi connectivity index (χ4v) is 4.47. The summed E-state index contributed by atoms with van der Waals surface area (Å²) in [6, 6.07) is 11.7. The third-order valence-electron chi connectivity index (χ3n) is 4.69. The lowest BCUT2D eigenvalue weighted by Crippen LogP contribution is -2.47. The number of halogens is 2. The lowest BCUT2D eigenvalue weighted by molar-refractivity contribution is -0.0812. The SMILES string of the molecule is CON(C)C(=O)N1N=C(c2cc(F)ccc2F)SC1(CCON=C(C)C)c1ccccc1. The molecule has 3 rings (SSSR count). The molecule has 7 nitrogen and oxygen atoms in total. The first-order valence-electron chi connectivity index (χ1n) is 9.82. The summed E-state index contributed by atoms with van der Waals surface area (Å²) in [6.07, 6.45) is 0.270. The topological polar surface area (TPSA) is 66.7 Å². The average Bonchev–Trinajstić information content (AvgIpc) is 3.18. The largest absolute Gasteiger partial charge is 0.396 e. The summed E-state index contributed by atoms with van der Waals surface area (Å²) in [4.78, 5) is 22.6. The fourth-order valence-electron chi connectivity index (χ4n) is 3.11. The maximum atomic E-state index is 14.6. The number of thioether (sulfide) groups is 1. The Bertz CT molecular complexity index is 1030. The van der Waals surface area contributed by atoms with Crippen LogP contribution in [-0.2, 0) is 14.5 Å². The molecule has 0 fully saturated rings. The fraction of sp³-hybridized carbons (Fsp3) is 0.318. The first-order valence-corrected chi connectivity index (χ1v) is 10.6. The van der Waals surface area contributed by atoms with Crippen LogP contribution in [0.3, 0.4) is 0 Å². The van der Waals surface area contributed by atoms with Crippen molar-refractivity contribution in [3.05, 3.63) is 71.3 Å². The van der Waals surface area contributed by atoms with E-state index in [-0.39, 0.29) is 23.6 Å². The molecular weight excluding hydrogens is 438 g/mol. The number of carbonyl (C=O) groups excluding carboxylic acids is 1. The highest BCUT2D eigenvalue weighted by Crippen LogP contribution is 2.50. The van der Waals surface area contributed by atoms with E-state index in [1.54, 1.807) is 13.8 Å². The molecule has 2 aromatic rings. The van der Waals surface area contributed by atoms with Gasteiger partial charge in [0.05, 0.1) is 12.8 Å². The van der Waals surface area contributed by atoms with E-state index in [0.29, 0.717) is 0 Å². The molecule has 0 bridgehead atoms. The van der Waals surface area contributed by atoms with Gasteiger partial charge >= 0.3 is 6.03 Å². The predicted octanol–water partition coefficient (Wildman–Crippen LogP) is 4.94. The molecule has 0 N–H and O–H groups in total. The summed E-state index contributed by atoms with van der Waals surface area (Å²) in [5, 5.41) is 10.8. The molecule has 0 aromatic heterocycles. The zero-order chi connectivity index (χ0) is 23.3. The number of hydrazone groups is 1. The van der Waals surface area contributed by atoms with Gasteiger partial charge in [0, 0.05) is 19.0 Å². The average molecular weight is 463 g/mol. The van der Waals surface area contributed by atoms with Crippen molar-refractivity contribution < 1.29 is 23.3 Å². The van der Waals surface area contributed by atoms with Crippen molar-refractivity contribution in [1.82, 2.24) is 10.1 Å². The molecular formula is C22H24F2N4O3S. The molecule has 0 saturated heterocycles. The van der Waals surface area contributed by atoms with Gasteiger partial charge in [-0.2, -0.15) is 10.1 Å². The highest BCUT2D eigenvalue weighted by molar-refractivity contribution is 8.15. The van der Waals surface area contributed by atoms with Crippen LogP contribution in [-0.4, -0.2) is 47.6 Å². The lowest BCUT2D eigenvalue weighted by Gasteiger charge is -2.36. The van der Waals surface area contributed by atoms with Crippen LogP contribution in [0.4, 0.5) is 13.6 Å². The minimum Gasteiger partial charge on any atom is -0.396 e. The Morgan fingerprint density at radius 1 is 1.22 bits per heavy atom. The Balaban J connectivity index is 2.10. The van der Waals surface area contributed by atoms with Gasteiger partial charge in [-0.3, -0.25) is 4.84 Å². The van der Waals surface area contributed by atoms with Gasteiger partial charge in [-0.25, -0.2) is 18.6 Å². The van der Waals surface area contributed by atoms with Gasteiger partial charge in [-0.15, -0.1) is 0 Å². The summed E-state index contributed by atoms with van der Waals surface area (Å²) in [7, 11) is 2.80. The Labute approximate surface area is 189 Å². The van der Waals surface area contributed by atoms with E-state index >= 15 is 0 Å². The Morgan fingerprint density at radius 2 is 1.94 bits per heavy atom. The molecule has 10 heteroatoms. The highest BCUT2D eigenvalue weighted by Gasteiger charge is 2.50. The second-order valence-corrected chi connectivity index (χ2v) is 8.44. The monoisotopic (exact) mass is 462 g/mol. The summed E-state index contributed by atoms with van der Waals surface area (Å²) >= 11 is 1.15. The molecule has 1 heterocycles. The number of oxime groups is 1. The van der Waals surface area contributed by atoms with E-state index in [1.807, 2.05) is 30.3 Å². The second kappa shape index (κ2) is 10.1. The Morgan fingerprint density at radius 3 is 2.59 bits per heavy atom. The van der Waals surface area contributed by atoms with Crippen molar-refractivity contribution in [2.24, 2.45) is 10.3 Å². The highest BCUT2D eigenvalue weighted by atomic mass is 32.2. The van der Waals surface area contributed by atoms with Crippen LogP contribution in [0.2, 0.25) is 0 Å². The van der Waals surface area contributed by atoms with Crippen molar-refractivity contribution in [3.63, 3.8) is 0 Å². The molecule has 2 aromatic carbocycles. The standard InChI is InChI=1S/C22H24F2N4O3S/c1-15(2)26-31-13-12-22(16-8-6-5-7-9-16)28(21(29)27(3)30-4)25-20(32-22)18-14-17(23)10-11-19(18)24/h5-11,14H,12-13H2,1-4H3. The number of hydrogen-bond donors (Lipinski definition) is 0. The number of amides is 2. The van der Waals surface area contributed by atoms with Crippen LogP contribution in [0, 0.1) is 11.6 Å². The molecule has 2 amide bonds. The van der Waals surface area contributed by atoms with Crippen molar-refractivity contribution in [3.8, 4) is 0 Å². The van der Waals surface area contributed by atoms with E-state index in [4.69, 9.17) is 9.68 Å². The third kappa shape index (κ3) is 4.91. The number of urea groups is 1. The van der Waals surface area contributed by atoms with Crippen molar-refractivity contribution >= 4 is 28.5 Å². The number of rotatable bonds is 7. The normalized spacial score (nSPS) is 17.7. The maximum absolute atomic E-state index is 14.6. The molecule has 170 valence electrons. The number of benzene rings is 2. The smallest absolute Gasteiger partial charge is 0.365 e. The van der Waals surface area contributed by atoms with Gasteiger partial charge < -0.3 is 4.84 Å². The Kier molecular flexibility index (Phi) is 7.47. The third-order valence-corrected chi connectivity index (χ3v) is 6.13. The van der Waals surface area contributed by atoms with Gasteiger partial charge in [0.15, 0.2) is 0 Å². The van der Waals surface area contributed by atoms with Crippen LogP contribution in [0.1, 0.15) is 31.4 Å². The number of hydroxylamine groups is 2. The van der Waals surface area contributed by atoms with E-state index in [1.165, 1.54) is 19.2 Å². The molecule has 1 unspecified atom stereocenters. The van der Waals surface area contributed by atoms with Crippen molar-refractivity contribution in [2.45, 2.75) is 25.1 Å². The van der Waals surface area contributed by atoms with E-state index in [2.05, 4.69) is 10.3 Å². The quantitative estimate of drug-likeness (QED) is 0.332. The first kappa shape index (κ1) is 23.7. The van der Waals surface area contributed by atoms with Gasteiger partial charge in [0.1, 0.15) is 28.2 Å². The molecule has 1 aliphatic heterocycles. The summed E-state index contributed by atoms with van der Waals surface area (Å²) in [6.45, 7) is 3.76. The van der Waals surface area contributed by atoms with Crippen molar-refractivity contribution in [1.29, 1.82) is 0 Å². The molecule has 0 radical (unpaired) electrons. The number of hydrogen-bond acceptors (Lipinski definition) is 6. The molecule has 32 heavy (non-hydrogen) atoms. The molecule has 0 saturated carbocycles. The zero-order valence-electron chi connectivity index (χ0n) is 18.2. The number of nitrogens with zero attached hydrogens (tertiary/aromatic N) is 4. The summed E-state index contributed by atoms with van der Waals surface area (Å²) in [5.74, 6) is -1.25. The maximum Gasteiger partial charge on any atom is 0.365 e. The molecule has 0 aliphatic carbocycles. The van der Waals surface area contributed by atoms with Gasteiger partial charge in [-0.05, 0) is 37.6 Å². The molecule has 1 aliphatic rings. The van der Waals surface area contributed by atoms with Crippen LogP contribution in [0.15, 0.2) is 58.8 Å². The summed E-state index contributed by atoms with van der Waals surface area (Å²) in [5.41, 5.74) is 1.44. The van der Waals surface area contributed by atoms with E-state index in [9.17, 15) is 13.6 Å². The zero-order valence-corrected chi connectivity index (χ0v) is 19.0. The minimum atomic E-state index is -1.10. The van der Waals surface area contributed by atoms with Gasteiger partial charge in [0.2, 0.25) is 0 Å². The van der Waals surface area contributed by atoms with E-state index in [0.717, 1.165) is 46.3 Å². The van der Waals surface area contributed by atoms with Crippen molar-refractivity contribution in [2.75, 3.05) is 20.8 Å². The summed E-state index contributed by atoms with van der Waals surface area (Å²) < 4.78 is 28.5. The minimum absolute atomic E-state index is 0.0333. The second-order valence-electron chi connectivity index (χ2n) is 7.18. The van der Waals surface area contributed by atoms with Gasteiger partial charge in [-0.1, -0.05) is 47.2 Å². The van der Waals surface area contributed by atoms with E-state index < -0.39 is 22.5 Å². The molecule has 0 spiro atoms.